The molecular weight excluding hydrogens is 382 g/mol. The third kappa shape index (κ3) is 2.66. The van der Waals surface area contributed by atoms with Crippen LogP contribution in [0.15, 0.2) is 81.1 Å². The zero-order valence-electron chi connectivity index (χ0n) is 13.0. The first-order valence-corrected chi connectivity index (χ1v) is 9.19. The zero-order chi connectivity index (χ0) is 16.7. The number of thioether (sulfide) groups is 1. The largest absolute Gasteiger partial charge is 0.338 e. The summed E-state index contributed by atoms with van der Waals surface area (Å²) in [5.41, 5.74) is 1.86. The predicted octanol–water partition coefficient (Wildman–Crippen LogP) is 5.87. The molecule has 0 atom stereocenters. The third-order valence-electron chi connectivity index (χ3n) is 4.14. The molecule has 1 aliphatic rings. The van der Waals surface area contributed by atoms with Gasteiger partial charge in [0.1, 0.15) is 0 Å². The van der Waals surface area contributed by atoms with Crippen LogP contribution in [-0.2, 0) is 0 Å². The minimum absolute atomic E-state index is 0.0352. The fraction of sp³-hybridized carbons (Fsp3) is 0.0500. The summed E-state index contributed by atoms with van der Waals surface area (Å²) in [5.74, 6) is 0.0352. The van der Waals surface area contributed by atoms with E-state index in [2.05, 4.69) is 33.0 Å². The van der Waals surface area contributed by atoms with E-state index in [1.165, 1.54) is 0 Å². The maximum absolute atomic E-state index is 12.9. The summed E-state index contributed by atoms with van der Waals surface area (Å²) in [4.78, 5) is 16.1. The number of anilines is 1. The number of halogens is 1. The van der Waals surface area contributed by atoms with Crippen molar-refractivity contribution in [3.05, 3.63) is 81.8 Å². The molecule has 24 heavy (non-hydrogen) atoms. The van der Waals surface area contributed by atoms with E-state index in [0.717, 1.165) is 36.4 Å². The Morgan fingerprint density at radius 1 is 1.08 bits per heavy atom. The van der Waals surface area contributed by atoms with Crippen LogP contribution in [0.25, 0.3) is 10.8 Å². The topological polar surface area (TPSA) is 20.3 Å². The van der Waals surface area contributed by atoms with E-state index in [4.69, 9.17) is 0 Å². The average molecular weight is 396 g/mol. The zero-order valence-corrected chi connectivity index (χ0v) is 15.4. The highest BCUT2D eigenvalue weighted by molar-refractivity contribution is 9.10. The molecule has 0 saturated carbocycles. The molecule has 0 N–H and O–H groups in total. The molecule has 0 bridgehead atoms. The van der Waals surface area contributed by atoms with E-state index >= 15 is 0 Å². The third-order valence-corrected chi connectivity index (χ3v) is 5.80. The van der Waals surface area contributed by atoms with Crippen LogP contribution < -0.4 is 4.90 Å². The Morgan fingerprint density at radius 2 is 1.88 bits per heavy atom. The van der Waals surface area contributed by atoms with Gasteiger partial charge in [0.25, 0.3) is 0 Å². The van der Waals surface area contributed by atoms with Crippen LogP contribution in [0.3, 0.4) is 0 Å². The first-order chi connectivity index (χ1) is 11.6. The van der Waals surface area contributed by atoms with Gasteiger partial charge in [-0.1, -0.05) is 70.2 Å². The summed E-state index contributed by atoms with van der Waals surface area (Å²) < 4.78 is 1.04. The lowest BCUT2D eigenvalue weighted by atomic mass is 10.0. The number of carbonyl (C=O) groups is 1. The Morgan fingerprint density at radius 3 is 2.75 bits per heavy atom. The molecule has 0 aromatic heterocycles. The number of hydrogen-bond acceptors (Lipinski definition) is 3. The molecule has 3 aromatic carbocycles. The molecule has 0 fully saturated rings. The van der Waals surface area contributed by atoms with Gasteiger partial charge in [-0.3, -0.25) is 4.79 Å². The molecule has 0 saturated heterocycles. The Balaban J connectivity index is 1.73. The smallest absolute Gasteiger partial charge is 0.189 e. The van der Waals surface area contributed by atoms with Gasteiger partial charge >= 0.3 is 0 Å². The maximum atomic E-state index is 12.9. The summed E-state index contributed by atoms with van der Waals surface area (Å²) in [7, 11) is 1.99. The first kappa shape index (κ1) is 15.5. The number of allylic oxidation sites excluding steroid dienone is 1. The maximum Gasteiger partial charge on any atom is 0.189 e. The van der Waals surface area contributed by atoms with Crippen molar-refractivity contribution in [2.45, 2.75) is 4.90 Å². The van der Waals surface area contributed by atoms with Gasteiger partial charge in [0.05, 0.1) is 10.7 Å². The van der Waals surface area contributed by atoms with Gasteiger partial charge in [-0.2, -0.15) is 0 Å². The summed E-state index contributed by atoms with van der Waals surface area (Å²) in [6, 6.07) is 20.0. The van der Waals surface area contributed by atoms with Gasteiger partial charge in [-0.25, -0.2) is 0 Å². The van der Waals surface area contributed by atoms with Gasteiger partial charge < -0.3 is 4.90 Å². The van der Waals surface area contributed by atoms with Gasteiger partial charge in [0.2, 0.25) is 0 Å². The van der Waals surface area contributed by atoms with Gasteiger partial charge in [0, 0.05) is 28.1 Å². The van der Waals surface area contributed by atoms with Crippen LogP contribution in [0.4, 0.5) is 5.69 Å². The second-order valence-electron chi connectivity index (χ2n) is 5.65. The van der Waals surface area contributed by atoms with Crippen molar-refractivity contribution in [1.82, 2.24) is 0 Å². The molecule has 4 rings (SSSR count). The highest BCUT2D eigenvalue weighted by Gasteiger charge is 2.23. The van der Waals surface area contributed by atoms with E-state index in [1.54, 1.807) is 17.8 Å². The Hall–Kier alpha value is -2.04. The minimum atomic E-state index is 0.0352. The molecule has 118 valence electrons. The van der Waals surface area contributed by atoms with Crippen molar-refractivity contribution in [2.24, 2.45) is 0 Å². The summed E-state index contributed by atoms with van der Waals surface area (Å²) in [5, 5.41) is 3.02. The molecule has 3 aromatic rings. The molecule has 0 spiro atoms. The highest BCUT2D eigenvalue weighted by Crippen LogP contribution is 2.46. The van der Waals surface area contributed by atoms with E-state index < -0.39 is 0 Å². The number of carbonyl (C=O) groups excluding carboxylic acids is 1. The van der Waals surface area contributed by atoms with Crippen LogP contribution in [0.1, 0.15) is 10.4 Å². The van der Waals surface area contributed by atoms with Crippen molar-refractivity contribution >= 4 is 49.9 Å². The van der Waals surface area contributed by atoms with Crippen LogP contribution in [0, 0.1) is 0 Å². The number of hydrogen-bond donors (Lipinski definition) is 0. The Kier molecular flexibility index (Phi) is 3.94. The molecule has 0 radical (unpaired) electrons. The number of nitrogens with zero attached hydrogens (tertiary/aromatic N) is 1. The molecule has 2 nitrogen and oxygen atoms in total. The standard InChI is InChI=1S/C20H14BrNOS/c1-22-17-11-14(21)9-10-19(17)24-20(22)12-18(23)16-8-4-6-13-5-2-3-7-15(13)16/h2-12H,1H3. The predicted molar refractivity (Wildman–Crippen MR) is 105 cm³/mol. The number of fused-ring (bicyclic) bond motifs is 2. The lowest BCUT2D eigenvalue weighted by Crippen LogP contribution is -2.11. The second kappa shape index (κ2) is 6.11. The van der Waals surface area contributed by atoms with Crippen molar-refractivity contribution in [3.63, 3.8) is 0 Å². The SMILES string of the molecule is CN1C(=CC(=O)c2cccc3ccccc23)Sc2ccc(Br)cc21. The van der Waals surface area contributed by atoms with Crippen molar-refractivity contribution in [3.8, 4) is 0 Å². The fourth-order valence-electron chi connectivity index (χ4n) is 2.90. The lowest BCUT2D eigenvalue weighted by molar-refractivity contribution is 0.104. The molecule has 1 heterocycles. The van der Waals surface area contributed by atoms with Gasteiger partial charge in [0.15, 0.2) is 5.78 Å². The van der Waals surface area contributed by atoms with Gasteiger partial charge in [-0.05, 0) is 29.0 Å². The van der Waals surface area contributed by atoms with E-state index in [0.29, 0.717) is 0 Å². The van der Waals surface area contributed by atoms with Crippen LogP contribution >= 0.6 is 27.7 Å². The molecule has 4 heteroatoms. The first-order valence-electron chi connectivity index (χ1n) is 7.58. The minimum Gasteiger partial charge on any atom is -0.338 e. The number of rotatable bonds is 2. The van der Waals surface area contributed by atoms with Crippen molar-refractivity contribution < 1.29 is 4.79 Å². The lowest BCUT2D eigenvalue weighted by Gasteiger charge is -2.13. The molecular formula is C20H14BrNOS. The van der Waals surface area contributed by atoms with E-state index in [-0.39, 0.29) is 5.78 Å². The monoisotopic (exact) mass is 395 g/mol. The normalized spacial score (nSPS) is 15.1. The number of ketones is 1. The van der Waals surface area contributed by atoms with E-state index in [1.807, 2.05) is 55.6 Å². The molecule has 1 aliphatic heterocycles. The summed E-state index contributed by atoms with van der Waals surface area (Å²) in [6.45, 7) is 0. The Bertz CT molecular complexity index is 991. The Labute approximate surface area is 153 Å². The van der Waals surface area contributed by atoms with Crippen molar-refractivity contribution in [2.75, 3.05) is 11.9 Å². The van der Waals surface area contributed by atoms with Crippen LogP contribution in [0.2, 0.25) is 0 Å². The number of benzene rings is 3. The summed E-state index contributed by atoms with van der Waals surface area (Å²) in [6.07, 6.45) is 1.74. The quantitative estimate of drug-likeness (QED) is 0.399. The average Bonchev–Trinajstić information content (AvgIpc) is 2.90. The molecule has 0 aliphatic carbocycles. The van der Waals surface area contributed by atoms with Crippen LogP contribution in [-0.4, -0.2) is 12.8 Å². The molecule has 0 amide bonds. The fourth-order valence-corrected chi connectivity index (χ4v) is 4.31. The van der Waals surface area contributed by atoms with E-state index in [9.17, 15) is 4.79 Å². The summed E-state index contributed by atoms with van der Waals surface area (Å²) >= 11 is 5.13. The van der Waals surface area contributed by atoms with Crippen LogP contribution in [0.5, 0.6) is 0 Å². The second-order valence-corrected chi connectivity index (χ2v) is 7.62. The van der Waals surface area contributed by atoms with Gasteiger partial charge in [-0.15, -0.1) is 0 Å². The highest BCUT2D eigenvalue weighted by atomic mass is 79.9. The van der Waals surface area contributed by atoms with Crippen molar-refractivity contribution in [1.29, 1.82) is 0 Å². The molecule has 0 unspecified atom stereocenters.